The quantitative estimate of drug-likeness (QED) is 0.0740. The Bertz CT molecular complexity index is 1640. The molecule has 4 rings (SSSR count). The van der Waals surface area contributed by atoms with Crippen LogP contribution in [0.4, 0.5) is 11.4 Å². The van der Waals surface area contributed by atoms with E-state index in [9.17, 15) is 23.3 Å². The summed E-state index contributed by atoms with van der Waals surface area (Å²) >= 11 is 1.59. The number of carbonyl (C=O) groups excluding carboxylic acids is 1. The Labute approximate surface area is 249 Å². The van der Waals surface area contributed by atoms with E-state index in [4.69, 9.17) is 0 Å². The number of nitro groups is 1. The number of carbonyl (C=O) groups is 1. The first-order valence-electron chi connectivity index (χ1n) is 13.6. The first kappa shape index (κ1) is 30.8. The predicted octanol–water partition coefficient (Wildman–Crippen LogP) is 6.28. The van der Waals surface area contributed by atoms with Gasteiger partial charge in [0.25, 0.3) is 21.6 Å². The van der Waals surface area contributed by atoms with E-state index in [0.717, 1.165) is 53.6 Å². The van der Waals surface area contributed by atoms with Crippen molar-refractivity contribution in [3.8, 4) is 11.1 Å². The number of hydrogen-bond donors (Lipinski definition) is 2. The van der Waals surface area contributed by atoms with Gasteiger partial charge in [-0.15, -0.1) is 11.8 Å². The summed E-state index contributed by atoms with van der Waals surface area (Å²) in [5, 5.41) is 19.3. The standard InChI is InChI=1S/C30H33N5O5S2/c1-3-4-8-18-34-21-27(22(2)32-34)23-11-13-24(14-12-23)30(36)33-42(39,40)26-15-16-28(29(20-26)35(37)38)31-17-19-41-25-9-6-5-7-10-25/h5-7,9-16,20-21,31H,3-4,8,17-19H2,1-2H3,(H,33,36). The molecule has 42 heavy (non-hydrogen) atoms. The molecule has 2 N–H and O–H groups in total. The Morgan fingerprint density at radius 3 is 2.48 bits per heavy atom. The molecule has 0 atom stereocenters. The number of benzene rings is 3. The van der Waals surface area contributed by atoms with Crippen LogP contribution in [-0.4, -0.2) is 41.3 Å². The number of nitrogens with zero attached hydrogens (tertiary/aromatic N) is 3. The van der Waals surface area contributed by atoms with Gasteiger partial charge in [-0.1, -0.05) is 50.1 Å². The smallest absolute Gasteiger partial charge is 0.293 e. The van der Waals surface area contributed by atoms with Gasteiger partial charge in [-0.2, -0.15) is 5.10 Å². The predicted molar refractivity (Wildman–Crippen MR) is 165 cm³/mol. The number of sulfonamides is 1. The minimum Gasteiger partial charge on any atom is -0.379 e. The van der Waals surface area contributed by atoms with Crippen molar-refractivity contribution in [1.82, 2.24) is 14.5 Å². The summed E-state index contributed by atoms with van der Waals surface area (Å²) in [5.41, 5.74) is 2.59. The van der Waals surface area contributed by atoms with E-state index in [-0.39, 0.29) is 16.1 Å². The molecule has 0 radical (unpaired) electrons. The van der Waals surface area contributed by atoms with Crippen molar-refractivity contribution in [3.63, 3.8) is 0 Å². The zero-order valence-electron chi connectivity index (χ0n) is 23.4. The Balaban J connectivity index is 1.41. The van der Waals surface area contributed by atoms with Crippen molar-refractivity contribution >= 4 is 39.1 Å². The second-order valence-electron chi connectivity index (χ2n) is 9.63. The highest BCUT2D eigenvalue weighted by molar-refractivity contribution is 7.99. The molecule has 12 heteroatoms. The maximum absolute atomic E-state index is 13.0. The van der Waals surface area contributed by atoms with Gasteiger partial charge in [0.1, 0.15) is 5.69 Å². The van der Waals surface area contributed by atoms with Crippen molar-refractivity contribution in [2.45, 2.75) is 49.4 Å². The van der Waals surface area contributed by atoms with E-state index < -0.39 is 26.5 Å². The third kappa shape index (κ3) is 7.98. The average Bonchev–Trinajstić information content (AvgIpc) is 3.35. The van der Waals surface area contributed by atoms with E-state index in [1.807, 2.05) is 52.9 Å². The molecule has 0 saturated carbocycles. The first-order chi connectivity index (χ1) is 20.2. The molecule has 10 nitrogen and oxygen atoms in total. The summed E-state index contributed by atoms with van der Waals surface area (Å²) in [5.74, 6) is -0.187. The molecule has 0 unspecified atom stereocenters. The van der Waals surface area contributed by atoms with Gasteiger partial charge in [-0.25, -0.2) is 13.1 Å². The maximum atomic E-state index is 13.0. The van der Waals surface area contributed by atoms with Crippen LogP contribution < -0.4 is 10.0 Å². The van der Waals surface area contributed by atoms with Gasteiger partial charge in [-0.3, -0.25) is 19.6 Å². The number of nitro benzene ring substituents is 1. The highest BCUT2D eigenvalue weighted by Gasteiger charge is 2.24. The minimum atomic E-state index is -4.37. The zero-order valence-corrected chi connectivity index (χ0v) is 25.1. The lowest BCUT2D eigenvalue weighted by Crippen LogP contribution is -2.30. The van der Waals surface area contributed by atoms with Gasteiger partial charge in [0.15, 0.2) is 0 Å². The van der Waals surface area contributed by atoms with Gasteiger partial charge in [-0.05, 0) is 55.3 Å². The van der Waals surface area contributed by atoms with Crippen LogP contribution in [0, 0.1) is 17.0 Å². The van der Waals surface area contributed by atoms with Gasteiger partial charge in [0.05, 0.1) is 15.5 Å². The second-order valence-corrected chi connectivity index (χ2v) is 12.5. The molecule has 0 spiro atoms. The Morgan fingerprint density at radius 1 is 1.05 bits per heavy atom. The summed E-state index contributed by atoms with van der Waals surface area (Å²) < 4.78 is 29.9. The lowest BCUT2D eigenvalue weighted by molar-refractivity contribution is -0.384. The van der Waals surface area contributed by atoms with E-state index >= 15 is 0 Å². The fraction of sp³-hybridized carbons (Fsp3) is 0.267. The van der Waals surface area contributed by atoms with Gasteiger partial charge in [0.2, 0.25) is 0 Å². The summed E-state index contributed by atoms with van der Waals surface area (Å²) in [6.07, 6.45) is 5.27. The van der Waals surface area contributed by atoms with Crippen LogP contribution in [0.2, 0.25) is 0 Å². The van der Waals surface area contributed by atoms with E-state index in [1.54, 1.807) is 23.9 Å². The zero-order chi connectivity index (χ0) is 30.1. The van der Waals surface area contributed by atoms with Crippen molar-refractivity contribution in [2.75, 3.05) is 17.6 Å². The normalized spacial score (nSPS) is 11.3. The van der Waals surface area contributed by atoms with Crippen LogP contribution in [0.3, 0.4) is 0 Å². The largest absolute Gasteiger partial charge is 0.379 e. The molecule has 0 fully saturated rings. The summed E-state index contributed by atoms with van der Waals surface area (Å²) in [7, 11) is -4.37. The Kier molecular flexibility index (Phi) is 10.4. The minimum absolute atomic E-state index is 0.138. The van der Waals surface area contributed by atoms with Crippen LogP contribution in [0.25, 0.3) is 11.1 Å². The highest BCUT2D eigenvalue weighted by atomic mass is 32.2. The summed E-state index contributed by atoms with van der Waals surface area (Å²) in [4.78, 5) is 24.6. The highest BCUT2D eigenvalue weighted by Crippen LogP contribution is 2.28. The summed E-state index contributed by atoms with van der Waals surface area (Å²) in [6, 6.07) is 19.8. The fourth-order valence-corrected chi connectivity index (χ4v) is 6.11. The van der Waals surface area contributed by atoms with Crippen LogP contribution in [0.15, 0.2) is 88.8 Å². The molecule has 220 valence electrons. The number of unbranched alkanes of at least 4 members (excludes halogenated alkanes) is 2. The lowest BCUT2D eigenvalue weighted by Gasteiger charge is -2.10. The first-order valence-corrected chi connectivity index (χ1v) is 16.1. The topological polar surface area (TPSA) is 136 Å². The monoisotopic (exact) mass is 607 g/mol. The van der Waals surface area contributed by atoms with Crippen molar-refractivity contribution < 1.29 is 18.1 Å². The maximum Gasteiger partial charge on any atom is 0.293 e. The molecule has 0 bridgehead atoms. The number of amides is 1. The van der Waals surface area contributed by atoms with Crippen LogP contribution in [-0.2, 0) is 16.6 Å². The van der Waals surface area contributed by atoms with Gasteiger partial charge in [0, 0.05) is 47.1 Å². The van der Waals surface area contributed by atoms with E-state index in [0.29, 0.717) is 12.3 Å². The van der Waals surface area contributed by atoms with Gasteiger partial charge < -0.3 is 5.32 Å². The number of aryl methyl sites for hydroxylation is 2. The molecule has 0 saturated heterocycles. The second kappa shape index (κ2) is 14.1. The third-order valence-electron chi connectivity index (χ3n) is 6.53. The molecule has 1 amide bonds. The van der Waals surface area contributed by atoms with Crippen LogP contribution in [0.5, 0.6) is 0 Å². The number of aromatic nitrogens is 2. The molecular weight excluding hydrogens is 574 g/mol. The number of anilines is 1. The number of hydrogen-bond acceptors (Lipinski definition) is 8. The Hall–Kier alpha value is -4.16. The van der Waals surface area contributed by atoms with Crippen LogP contribution >= 0.6 is 11.8 Å². The number of nitrogens with one attached hydrogen (secondary N) is 2. The van der Waals surface area contributed by atoms with E-state index in [2.05, 4.69) is 17.3 Å². The summed E-state index contributed by atoms with van der Waals surface area (Å²) in [6.45, 7) is 5.33. The lowest BCUT2D eigenvalue weighted by atomic mass is 10.0. The SMILES string of the molecule is CCCCCn1cc(-c2ccc(C(=O)NS(=O)(=O)c3ccc(NCCSc4ccccc4)c([N+](=O)[O-])c3)cc2)c(C)n1. The van der Waals surface area contributed by atoms with Crippen molar-refractivity contribution in [3.05, 3.63) is 100 Å². The van der Waals surface area contributed by atoms with Crippen LogP contribution in [0.1, 0.15) is 42.2 Å². The molecular formula is C30H33N5O5S2. The number of thioether (sulfide) groups is 1. The molecule has 1 heterocycles. The van der Waals surface area contributed by atoms with Crippen molar-refractivity contribution in [2.24, 2.45) is 0 Å². The molecule has 4 aromatic rings. The van der Waals surface area contributed by atoms with Crippen molar-refractivity contribution in [1.29, 1.82) is 0 Å². The number of rotatable bonds is 14. The molecule has 0 aliphatic rings. The Morgan fingerprint density at radius 2 is 1.79 bits per heavy atom. The molecule has 3 aromatic carbocycles. The fourth-order valence-electron chi connectivity index (χ4n) is 4.33. The third-order valence-corrected chi connectivity index (χ3v) is 8.87. The van der Waals surface area contributed by atoms with E-state index in [1.165, 1.54) is 24.3 Å². The molecule has 1 aromatic heterocycles. The molecule has 0 aliphatic heterocycles. The molecule has 0 aliphatic carbocycles. The average molecular weight is 608 g/mol. The van der Waals surface area contributed by atoms with Gasteiger partial charge >= 0.3 is 0 Å².